The third-order valence-corrected chi connectivity index (χ3v) is 6.42. The molecule has 0 unspecified atom stereocenters. The average molecular weight is 379 g/mol. The van der Waals surface area contributed by atoms with E-state index in [4.69, 9.17) is 10.2 Å². The number of aliphatic carboxylic acids is 2. The topological polar surface area (TPSA) is 74.6 Å². The molecule has 0 radical (unpaired) electrons. The normalized spacial score (nSPS) is 13.6. The number of carbonyl (C=O) groups is 2. The molecule has 0 aliphatic heterocycles. The van der Waals surface area contributed by atoms with Gasteiger partial charge >= 0.3 is 11.9 Å². The van der Waals surface area contributed by atoms with E-state index >= 15 is 0 Å². The van der Waals surface area contributed by atoms with Gasteiger partial charge in [-0.25, -0.2) is 0 Å². The van der Waals surface area contributed by atoms with Crippen LogP contribution in [-0.4, -0.2) is 44.2 Å². The van der Waals surface area contributed by atoms with E-state index in [2.05, 4.69) is 0 Å². The lowest BCUT2D eigenvalue weighted by Gasteiger charge is -2.06. The SMILES string of the molecule is C[C@H](SCCCCCCCCCCCCS[C@@H](C)C(=O)O)C(=O)O. The van der Waals surface area contributed by atoms with Gasteiger partial charge < -0.3 is 10.2 Å². The summed E-state index contributed by atoms with van der Waals surface area (Å²) in [5, 5.41) is 17.0. The maximum atomic E-state index is 10.7. The predicted octanol–water partition coefficient (Wildman–Crippen LogP) is 5.30. The van der Waals surface area contributed by atoms with E-state index in [0.29, 0.717) is 0 Å². The highest BCUT2D eigenvalue weighted by atomic mass is 32.2. The van der Waals surface area contributed by atoms with Gasteiger partial charge in [-0.3, -0.25) is 9.59 Å². The van der Waals surface area contributed by atoms with Crippen molar-refractivity contribution in [1.82, 2.24) is 0 Å². The Morgan fingerprint density at radius 3 is 1.12 bits per heavy atom. The molecule has 0 aliphatic carbocycles. The molecular weight excluding hydrogens is 344 g/mol. The summed E-state index contributed by atoms with van der Waals surface area (Å²) < 4.78 is 0. The van der Waals surface area contributed by atoms with Gasteiger partial charge in [0.25, 0.3) is 0 Å². The van der Waals surface area contributed by atoms with Crippen LogP contribution in [0, 0.1) is 0 Å². The molecule has 0 aromatic heterocycles. The summed E-state index contributed by atoms with van der Waals surface area (Å²) in [4.78, 5) is 21.3. The molecule has 0 fully saturated rings. The second kappa shape index (κ2) is 16.1. The minimum Gasteiger partial charge on any atom is -0.480 e. The zero-order valence-corrected chi connectivity index (χ0v) is 16.8. The second-order valence-corrected chi connectivity index (χ2v) is 9.14. The van der Waals surface area contributed by atoms with E-state index < -0.39 is 11.9 Å². The van der Waals surface area contributed by atoms with Crippen LogP contribution in [0.5, 0.6) is 0 Å². The molecule has 0 heterocycles. The quantitative estimate of drug-likeness (QED) is 0.335. The van der Waals surface area contributed by atoms with Crippen LogP contribution in [-0.2, 0) is 9.59 Å². The van der Waals surface area contributed by atoms with Gasteiger partial charge in [-0.2, -0.15) is 0 Å². The third kappa shape index (κ3) is 15.2. The summed E-state index contributed by atoms with van der Waals surface area (Å²) in [6.45, 7) is 3.50. The highest BCUT2D eigenvalue weighted by Gasteiger charge is 2.10. The van der Waals surface area contributed by atoms with Crippen LogP contribution >= 0.6 is 23.5 Å². The Hall–Kier alpha value is -0.360. The monoisotopic (exact) mass is 378 g/mol. The third-order valence-electron chi connectivity index (χ3n) is 3.97. The highest BCUT2D eigenvalue weighted by molar-refractivity contribution is 8.00. The van der Waals surface area contributed by atoms with Crippen LogP contribution in [0.25, 0.3) is 0 Å². The molecule has 0 saturated heterocycles. The van der Waals surface area contributed by atoms with Crippen LogP contribution < -0.4 is 0 Å². The summed E-state index contributed by atoms with van der Waals surface area (Å²) in [6.07, 6.45) is 12.3. The van der Waals surface area contributed by atoms with Gasteiger partial charge in [0.15, 0.2) is 0 Å². The van der Waals surface area contributed by atoms with Crippen LogP contribution in [0.2, 0.25) is 0 Å². The van der Waals surface area contributed by atoms with Crippen molar-refractivity contribution in [3.63, 3.8) is 0 Å². The molecule has 142 valence electrons. The van der Waals surface area contributed by atoms with Crippen molar-refractivity contribution < 1.29 is 19.8 Å². The molecule has 4 nitrogen and oxygen atoms in total. The molecule has 0 amide bonds. The Labute approximate surface area is 155 Å². The summed E-state index contributed by atoms with van der Waals surface area (Å²) in [6, 6.07) is 0. The maximum Gasteiger partial charge on any atom is 0.316 e. The lowest BCUT2D eigenvalue weighted by molar-refractivity contribution is -0.137. The van der Waals surface area contributed by atoms with E-state index in [0.717, 1.165) is 24.3 Å². The Morgan fingerprint density at radius 1 is 0.625 bits per heavy atom. The van der Waals surface area contributed by atoms with Gasteiger partial charge in [-0.1, -0.05) is 51.4 Å². The van der Waals surface area contributed by atoms with E-state index in [-0.39, 0.29) is 10.5 Å². The Morgan fingerprint density at radius 2 is 0.875 bits per heavy atom. The Kier molecular flexibility index (Phi) is 15.9. The van der Waals surface area contributed by atoms with Gasteiger partial charge in [0.05, 0.1) is 10.5 Å². The first-order chi connectivity index (χ1) is 11.4. The first-order valence-corrected chi connectivity index (χ1v) is 11.2. The molecule has 24 heavy (non-hydrogen) atoms. The average Bonchev–Trinajstić information content (AvgIpc) is 2.54. The molecule has 0 rings (SSSR count). The van der Waals surface area contributed by atoms with Crippen LogP contribution in [0.15, 0.2) is 0 Å². The number of hydrogen-bond donors (Lipinski definition) is 2. The summed E-state index contributed by atoms with van der Waals surface area (Å²) in [5.74, 6) is 0.475. The molecule has 0 saturated carbocycles. The van der Waals surface area contributed by atoms with E-state index in [9.17, 15) is 9.59 Å². The molecule has 0 aromatic carbocycles. The number of hydrogen-bond acceptors (Lipinski definition) is 4. The molecular formula is C18H34O4S2. The number of carboxylic acids is 2. The van der Waals surface area contributed by atoms with Gasteiger partial charge in [-0.15, -0.1) is 23.5 Å². The molecule has 0 aliphatic rings. The van der Waals surface area contributed by atoms with Crippen molar-refractivity contribution >= 4 is 35.5 Å². The van der Waals surface area contributed by atoms with Crippen molar-refractivity contribution in [1.29, 1.82) is 0 Å². The smallest absolute Gasteiger partial charge is 0.316 e. The van der Waals surface area contributed by atoms with Gasteiger partial charge in [0, 0.05) is 0 Å². The van der Waals surface area contributed by atoms with E-state index in [1.807, 2.05) is 0 Å². The molecule has 2 N–H and O–H groups in total. The lowest BCUT2D eigenvalue weighted by atomic mass is 10.1. The molecule has 0 spiro atoms. The standard InChI is InChI=1S/C18H34O4S2/c1-15(17(19)20)23-13-11-9-7-5-3-4-6-8-10-12-14-24-16(2)18(21)22/h15-16H,3-14H2,1-2H3,(H,19,20)(H,21,22)/t15-,16-/m0/s1. The second-order valence-electron chi connectivity index (χ2n) is 6.24. The van der Waals surface area contributed by atoms with Crippen LogP contribution in [0.4, 0.5) is 0 Å². The van der Waals surface area contributed by atoms with Crippen molar-refractivity contribution in [2.24, 2.45) is 0 Å². The molecule has 6 heteroatoms. The Bertz CT molecular complexity index is 305. The van der Waals surface area contributed by atoms with Gasteiger partial charge in [-0.05, 0) is 38.2 Å². The van der Waals surface area contributed by atoms with E-state index in [1.165, 1.54) is 74.9 Å². The summed E-state index contributed by atoms with van der Waals surface area (Å²) in [7, 11) is 0. The number of rotatable bonds is 17. The van der Waals surface area contributed by atoms with Crippen LogP contribution in [0.3, 0.4) is 0 Å². The fourth-order valence-corrected chi connectivity index (χ4v) is 4.01. The first-order valence-electron chi connectivity index (χ1n) is 9.14. The fourth-order valence-electron chi connectivity index (χ4n) is 2.28. The summed E-state index contributed by atoms with van der Waals surface area (Å²) >= 11 is 3.07. The van der Waals surface area contributed by atoms with Crippen LogP contribution in [0.1, 0.15) is 78.1 Å². The minimum absolute atomic E-state index is 0.282. The molecule has 2 atom stereocenters. The zero-order chi connectivity index (χ0) is 18.2. The van der Waals surface area contributed by atoms with Crippen molar-refractivity contribution in [3.05, 3.63) is 0 Å². The van der Waals surface area contributed by atoms with Crippen molar-refractivity contribution in [2.75, 3.05) is 11.5 Å². The van der Waals surface area contributed by atoms with Crippen molar-refractivity contribution in [2.45, 2.75) is 88.6 Å². The molecule has 0 bridgehead atoms. The van der Waals surface area contributed by atoms with Gasteiger partial charge in [0.1, 0.15) is 0 Å². The highest BCUT2D eigenvalue weighted by Crippen LogP contribution is 2.17. The number of unbranched alkanes of at least 4 members (excludes halogenated alkanes) is 9. The van der Waals surface area contributed by atoms with E-state index in [1.54, 1.807) is 13.8 Å². The first kappa shape index (κ1) is 23.6. The largest absolute Gasteiger partial charge is 0.480 e. The van der Waals surface area contributed by atoms with Gasteiger partial charge in [0.2, 0.25) is 0 Å². The maximum absolute atomic E-state index is 10.7. The predicted molar refractivity (Wildman–Crippen MR) is 105 cm³/mol. The minimum atomic E-state index is -0.713. The lowest BCUT2D eigenvalue weighted by Crippen LogP contribution is -2.11. The molecule has 0 aromatic rings. The fraction of sp³-hybridized carbons (Fsp3) is 0.889. The number of carboxylic acid groups (broad SMARTS) is 2. The number of thioether (sulfide) groups is 2. The summed E-state index contributed by atoms with van der Waals surface area (Å²) in [5.41, 5.74) is 0. The zero-order valence-electron chi connectivity index (χ0n) is 15.2. The van der Waals surface area contributed by atoms with Crippen molar-refractivity contribution in [3.8, 4) is 0 Å². The Balaban J connectivity index is 3.15.